The van der Waals surface area contributed by atoms with Crippen molar-refractivity contribution >= 4 is 0 Å². The molecule has 3 atom stereocenters. The fraction of sp³-hybridized carbons (Fsp3) is 0.600. The minimum absolute atomic E-state index is 0.157. The van der Waals surface area contributed by atoms with Gasteiger partial charge in [0.25, 0.3) is 0 Å². The van der Waals surface area contributed by atoms with Crippen molar-refractivity contribution < 1.29 is 4.39 Å². The van der Waals surface area contributed by atoms with Crippen molar-refractivity contribution in [3.8, 4) is 0 Å². The van der Waals surface area contributed by atoms with Gasteiger partial charge in [0.2, 0.25) is 0 Å². The predicted molar refractivity (Wildman–Crippen MR) is 73.2 cm³/mol. The van der Waals surface area contributed by atoms with Gasteiger partial charge in [-0.15, -0.1) is 0 Å². The molecule has 1 aliphatic heterocycles. The van der Waals surface area contributed by atoms with Gasteiger partial charge in [0.15, 0.2) is 0 Å². The molecule has 1 N–H and O–H groups in total. The quantitative estimate of drug-likeness (QED) is 0.886. The van der Waals surface area contributed by atoms with E-state index < -0.39 is 0 Å². The Morgan fingerprint density at radius 1 is 1.22 bits per heavy atom. The molecule has 100 valence electrons. The Morgan fingerprint density at radius 2 is 1.78 bits per heavy atom. The smallest absolute Gasteiger partial charge is 0.123 e. The maximum Gasteiger partial charge on any atom is 0.123 e. The lowest BCUT2D eigenvalue weighted by molar-refractivity contribution is 0.130. The van der Waals surface area contributed by atoms with Gasteiger partial charge in [-0.05, 0) is 44.9 Å². The molecule has 1 aliphatic rings. The highest BCUT2D eigenvalue weighted by Gasteiger charge is 2.24. The molecule has 1 heterocycles. The van der Waals surface area contributed by atoms with E-state index in [-0.39, 0.29) is 5.82 Å². The molecule has 3 heteroatoms. The van der Waals surface area contributed by atoms with Crippen LogP contribution in [0.3, 0.4) is 0 Å². The molecule has 0 amide bonds. The van der Waals surface area contributed by atoms with Gasteiger partial charge in [-0.1, -0.05) is 12.1 Å². The molecule has 1 saturated heterocycles. The largest absolute Gasteiger partial charge is 0.309 e. The second-order valence-electron chi connectivity index (χ2n) is 5.60. The molecule has 0 spiro atoms. The first-order valence-corrected chi connectivity index (χ1v) is 6.79. The highest BCUT2D eigenvalue weighted by atomic mass is 19.1. The van der Waals surface area contributed by atoms with Gasteiger partial charge in [0, 0.05) is 31.2 Å². The molecule has 0 aromatic heterocycles. The van der Waals surface area contributed by atoms with Crippen molar-refractivity contribution in [1.82, 2.24) is 10.2 Å². The molecule has 2 rings (SSSR count). The lowest BCUT2D eigenvalue weighted by Gasteiger charge is -2.39. The van der Waals surface area contributed by atoms with Crippen molar-refractivity contribution in [2.75, 3.05) is 13.1 Å². The van der Waals surface area contributed by atoms with Crippen LogP contribution in [0.5, 0.6) is 0 Å². The maximum absolute atomic E-state index is 12.9. The summed E-state index contributed by atoms with van der Waals surface area (Å²) >= 11 is 0. The van der Waals surface area contributed by atoms with Crippen LogP contribution >= 0.6 is 0 Å². The summed E-state index contributed by atoms with van der Waals surface area (Å²) in [5.41, 5.74) is 1.21. The summed E-state index contributed by atoms with van der Waals surface area (Å²) < 4.78 is 12.9. The fourth-order valence-electron chi connectivity index (χ4n) is 2.82. The molecule has 2 nitrogen and oxygen atoms in total. The first kappa shape index (κ1) is 13.5. The van der Waals surface area contributed by atoms with Crippen LogP contribution in [-0.2, 0) is 6.42 Å². The van der Waals surface area contributed by atoms with E-state index in [0.717, 1.165) is 19.5 Å². The van der Waals surface area contributed by atoms with Gasteiger partial charge < -0.3 is 5.32 Å². The molecule has 0 saturated carbocycles. The van der Waals surface area contributed by atoms with Crippen LogP contribution in [0.15, 0.2) is 24.3 Å². The Hall–Kier alpha value is -0.930. The summed E-state index contributed by atoms with van der Waals surface area (Å²) in [6, 6.07) is 8.47. The van der Waals surface area contributed by atoms with Gasteiger partial charge in [0.05, 0.1) is 0 Å². The summed E-state index contributed by atoms with van der Waals surface area (Å²) in [6.45, 7) is 8.90. The number of rotatable bonds is 3. The number of hydrogen-bond acceptors (Lipinski definition) is 2. The van der Waals surface area contributed by atoms with Crippen LogP contribution in [0.4, 0.5) is 4.39 Å². The van der Waals surface area contributed by atoms with Crippen LogP contribution in [0.1, 0.15) is 26.3 Å². The van der Waals surface area contributed by atoms with Crippen LogP contribution in [0.25, 0.3) is 0 Å². The van der Waals surface area contributed by atoms with Crippen molar-refractivity contribution in [2.24, 2.45) is 0 Å². The Bertz CT molecular complexity index is 367. The number of hydrogen-bond donors (Lipinski definition) is 1. The monoisotopic (exact) mass is 250 g/mol. The van der Waals surface area contributed by atoms with E-state index in [0.29, 0.717) is 18.1 Å². The minimum Gasteiger partial charge on any atom is -0.309 e. The third-order valence-electron chi connectivity index (χ3n) is 3.65. The molecule has 18 heavy (non-hydrogen) atoms. The Balaban J connectivity index is 1.94. The molecule has 1 aromatic carbocycles. The molecule has 0 aliphatic carbocycles. The molecule has 0 radical (unpaired) electrons. The first-order valence-electron chi connectivity index (χ1n) is 6.79. The molecule has 3 unspecified atom stereocenters. The summed E-state index contributed by atoms with van der Waals surface area (Å²) in [4.78, 5) is 2.52. The average molecular weight is 250 g/mol. The van der Waals surface area contributed by atoms with E-state index in [4.69, 9.17) is 0 Å². The SMILES string of the molecule is CC1CN(C(C)Cc2ccc(F)cc2)CC(C)N1. The summed E-state index contributed by atoms with van der Waals surface area (Å²) in [5.74, 6) is -0.157. The van der Waals surface area contributed by atoms with E-state index in [1.165, 1.54) is 5.56 Å². The Kier molecular flexibility index (Phi) is 4.36. The van der Waals surface area contributed by atoms with Crippen LogP contribution in [-0.4, -0.2) is 36.1 Å². The molecule has 1 aromatic rings. The van der Waals surface area contributed by atoms with Gasteiger partial charge >= 0.3 is 0 Å². The second-order valence-corrected chi connectivity index (χ2v) is 5.60. The van der Waals surface area contributed by atoms with Crippen LogP contribution in [0.2, 0.25) is 0 Å². The van der Waals surface area contributed by atoms with E-state index in [1.807, 2.05) is 12.1 Å². The molecular weight excluding hydrogens is 227 g/mol. The van der Waals surface area contributed by atoms with E-state index in [1.54, 1.807) is 12.1 Å². The van der Waals surface area contributed by atoms with Gasteiger partial charge in [-0.25, -0.2) is 4.39 Å². The standard InChI is InChI=1S/C15H23FN2/c1-11-9-18(10-12(2)17-11)13(3)8-14-4-6-15(16)7-5-14/h4-7,11-13,17H,8-10H2,1-3H3. The zero-order valence-electron chi connectivity index (χ0n) is 11.5. The zero-order valence-corrected chi connectivity index (χ0v) is 11.5. The highest BCUT2D eigenvalue weighted by Crippen LogP contribution is 2.13. The van der Waals surface area contributed by atoms with Crippen molar-refractivity contribution in [3.63, 3.8) is 0 Å². The number of nitrogens with one attached hydrogen (secondary N) is 1. The van der Waals surface area contributed by atoms with Crippen molar-refractivity contribution in [3.05, 3.63) is 35.6 Å². The van der Waals surface area contributed by atoms with Crippen molar-refractivity contribution in [1.29, 1.82) is 0 Å². The molecular formula is C15H23FN2. The summed E-state index contributed by atoms with van der Waals surface area (Å²) in [6.07, 6.45) is 0.986. The number of nitrogens with zero attached hydrogens (tertiary/aromatic N) is 1. The summed E-state index contributed by atoms with van der Waals surface area (Å²) in [7, 11) is 0. The van der Waals surface area contributed by atoms with E-state index in [9.17, 15) is 4.39 Å². The first-order chi connectivity index (χ1) is 8.54. The summed E-state index contributed by atoms with van der Waals surface area (Å²) in [5, 5.41) is 3.54. The Morgan fingerprint density at radius 3 is 2.33 bits per heavy atom. The number of piperazine rings is 1. The number of benzene rings is 1. The molecule has 0 bridgehead atoms. The topological polar surface area (TPSA) is 15.3 Å². The average Bonchev–Trinajstić information content (AvgIpc) is 2.31. The van der Waals surface area contributed by atoms with Crippen LogP contribution < -0.4 is 5.32 Å². The zero-order chi connectivity index (χ0) is 13.1. The van der Waals surface area contributed by atoms with Gasteiger partial charge in [-0.3, -0.25) is 4.90 Å². The fourth-order valence-corrected chi connectivity index (χ4v) is 2.82. The predicted octanol–water partition coefficient (Wildman–Crippen LogP) is 2.44. The minimum atomic E-state index is -0.157. The normalized spacial score (nSPS) is 27.1. The lowest BCUT2D eigenvalue weighted by atomic mass is 10.0. The lowest BCUT2D eigenvalue weighted by Crippen LogP contribution is -2.56. The van der Waals surface area contributed by atoms with Crippen LogP contribution in [0, 0.1) is 5.82 Å². The van der Waals surface area contributed by atoms with E-state index >= 15 is 0 Å². The maximum atomic E-state index is 12.9. The molecule has 1 fully saturated rings. The van der Waals surface area contributed by atoms with Gasteiger partial charge in [-0.2, -0.15) is 0 Å². The van der Waals surface area contributed by atoms with Crippen molar-refractivity contribution in [2.45, 2.75) is 45.3 Å². The second kappa shape index (κ2) is 5.81. The third-order valence-corrected chi connectivity index (χ3v) is 3.65. The number of halogens is 1. The van der Waals surface area contributed by atoms with Gasteiger partial charge in [0.1, 0.15) is 5.82 Å². The highest BCUT2D eigenvalue weighted by molar-refractivity contribution is 5.17. The third kappa shape index (κ3) is 3.53. The van der Waals surface area contributed by atoms with E-state index in [2.05, 4.69) is 31.0 Å². The Labute approximate surface area is 109 Å².